The van der Waals surface area contributed by atoms with E-state index in [-0.39, 0.29) is 12.5 Å². The molecule has 1 heterocycles. The maximum Gasteiger partial charge on any atom is 0.251 e. The first-order valence-electron chi connectivity index (χ1n) is 6.13. The summed E-state index contributed by atoms with van der Waals surface area (Å²) in [7, 11) is 0. The van der Waals surface area contributed by atoms with E-state index >= 15 is 0 Å². The van der Waals surface area contributed by atoms with Gasteiger partial charge in [0.2, 0.25) is 0 Å². The summed E-state index contributed by atoms with van der Waals surface area (Å²) in [6.07, 6.45) is 0.175. The molecule has 0 fully saturated rings. The molecule has 0 saturated heterocycles. The van der Waals surface area contributed by atoms with Crippen molar-refractivity contribution in [3.05, 3.63) is 22.7 Å². The summed E-state index contributed by atoms with van der Waals surface area (Å²) in [5.41, 5.74) is 0.384. The quantitative estimate of drug-likeness (QED) is 0.885. The molecule has 104 valence electrons. The highest BCUT2D eigenvalue weighted by Crippen LogP contribution is 2.37. The number of nitrogens with one attached hydrogen (secondary N) is 1. The molecule has 0 aromatic heterocycles. The molecule has 1 aromatic carbocycles. The zero-order valence-corrected chi connectivity index (χ0v) is 11.4. The number of rotatable bonds is 3. The summed E-state index contributed by atoms with van der Waals surface area (Å²) in [4.78, 5) is 11.9. The van der Waals surface area contributed by atoms with E-state index in [1.165, 1.54) is 6.07 Å². The predicted octanol–water partition coefficient (Wildman–Crippen LogP) is 1.61. The molecular formula is C13H16ClNO4. The van der Waals surface area contributed by atoms with Crippen LogP contribution in [0.3, 0.4) is 0 Å². The molecule has 0 radical (unpaired) electrons. The normalized spacial score (nSPS) is 15.5. The average Bonchev–Trinajstić information content (AvgIpc) is 2.61. The molecule has 0 spiro atoms. The maximum atomic E-state index is 11.9. The number of carbonyl (C=O) groups is 1. The smallest absolute Gasteiger partial charge is 0.251 e. The summed E-state index contributed by atoms with van der Waals surface area (Å²) in [5.74, 6) is 0.650. The van der Waals surface area contributed by atoms with Crippen LogP contribution in [0.5, 0.6) is 11.5 Å². The van der Waals surface area contributed by atoms with Crippen molar-refractivity contribution in [1.29, 1.82) is 0 Å². The third kappa shape index (κ3) is 3.52. The monoisotopic (exact) mass is 285 g/mol. The van der Waals surface area contributed by atoms with Gasteiger partial charge in [-0.25, -0.2) is 0 Å². The number of aliphatic hydroxyl groups excluding tert-OH is 1. The van der Waals surface area contributed by atoms with Crippen molar-refractivity contribution in [3.8, 4) is 11.5 Å². The Hall–Kier alpha value is -1.46. The lowest BCUT2D eigenvalue weighted by molar-refractivity contribution is 0.0923. The molecule has 1 amide bonds. The average molecular weight is 286 g/mol. The highest BCUT2D eigenvalue weighted by atomic mass is 35.5. The molecule has 0 aliphatic carbocycles. The largest absolute Gasteiger partial charge is 0.489 e. The second kappa shape index (κ2) is 6.12. The molecule has 1 aliphatic heterocycles. The number of fused-ring (bicyclic) bond motifs is 1. The Labute approximate surface area is 116 Å². The van der Waals surface area contributed by atoms with Gasteiger partial charge in [-0.2, -0.15) is 0 Å². The van der Waals surface area contributed by atoms with E-state index in [1.807, 2.05) is 0 Å². The second-order valence-corrected chi connectivity index (χ2v) is 4.80. The Kier molecular flexibility index (Phi) is 4.50. The minimum atomic E-state index is -0.597. The Morgan fingerprint density at radius 3 is 2.95 bits per heavy atom. The molecule has 2 rings (SSSR count). The van der Waals surface area contributed by atoms with E-state index in [9.17, 15) is 4.79 Å². The number of benzene rings is 1. The van der Waals surface area contributed by atoms with Crippen LogP contribution >= 0.6 is 11.6 Å². The predicted molar refractivity (Wildman–Crippen MR) is 71.1 cm³/mol. The number of ether oxygens (including phenoxy) is 2. The number of hydrogen-bond donors (Lipinski definition) is 2. The van der Waals surface area contributed by atoms with Crippen LogP contribution in [0.2, 0.25) is 5.02 Å². The number of amides is 1. The molecule has 6 heteroatoms. The second-order valence-electron chi connectivity index (χ2n) is 4.39. The fourth-order valence-corrected chi connectivity index (χ4v) is 1.97. The lowest BCUT2D eigenvalue weighted by atomic mass is 10.2. The third-order valence-corrected chi connectivity index (χ3v) is 2.90. The Bertz CT molecular complexity index is 476. The van der Waals surface area contributed by atoms with Gasteiger partial charge in [-0.1, -0.05) is 11.6 Å². The van der Waals surface area contributed by atoms with E-state index in [2.05, 4.69) is 5.32 Å². The van der Waals surface area contributed by atoms with Gasteiger partial charge in [-0.15, -0.1) is 0 Å². The van der Waals surface area contributed by atoms with Crippen LogP contribution < -0.4 is 14.8 Å². The van der Waals surface area contributed by atoms with Crippen molar-refractivity contribution >= 4 is 17.5 Å². The van der Waals surface area contributed by atoms with E-state index in [0.717, 1.165) is 6.42 Å². The van der Waals surface area contributed by atoms with Gasteiger partial charge in [0, 0.05) is 18.5 Å². The molecule has 0 bridgehead atoms. The van der Waals surface area contributed by atoms with Gasteiger partial charge in [0.05, 0.1) is 24.3 Å². The Morgan fingerprint density at radius 2 is 2.21 bits per heavy atom. The highest BCUT2D eigenvalue weighted by Gasteiger charge is 2.18. The van der Waals surface area contributed by atoms with Crippen molar-refractivity contribution in [1.82, 2.24) is 5.32 Å². The third-order valence-electron chi connectivity index (χ3n) is 2.62. The van der Waals surface area contributed by atoms with Crippen molar-refractivity contribution in [2.24, 2.45) is 0 Å². The molecule has 1 aromatic rings. The van der Waals surface area contributed by atoms with Crippen molar-refractivity contribution in [2.75, 3.05) is 19.8 Å². The minimum Gasteiger partial charge on any atom is -0.489 e. The number of halogens is 1. The van der Waals surface area contributed by atoms with Gasteiger partial charge in [0.1, 0.15) is 0 Å². The zero-order valence-electron chi connectivity index (χ0n) is 10.6. The topological polar surface area (TPSA) is 67.8 Å². The lowest BCUT2D eigenvalue weighted by Crippen LogP contribution is -2.30. The van der Waals surface area contributed by atoms with E-state index in [0.29, 0.717) is 35.3 Å². The summed E-state index contributed by atoms with van der Waals surface area (Å²) in [6, 6.07) is 3.14. The van der Waals surface area contributed by atoms with Crippen molar-refractivity contribution < 1.29 is 19.4 Å². The van der Waals surface area contributed by atoms with Crippen LogP contribution in [-0.4, -0.2) is 36.9 Å². The summed E-state index contributed by atoms with van der Waals surface area (Å²) < 4.78 is 11.0. The van der Waals surface area contributed by atoms with Gasteiger partial charge in [-0.05, 0) is 19.1 Å². The number of carbonyl (C=O) groups excluding carboxylic acids is 1. The Balaban J connectivity index is 2.20. The van der Waals surface area contributed by atoms with Crippen LogP contribution in [0.1, 0.15) is 23.7 Å². The van der Waals surface area contributed by atoms with Gasteiger partial charge >= 0.3 is 0 Å². The lowest BCUT2D eigenvalue weighted by Gasteiger charge is -2.12. The van der Waals surface area contributed by atoms with Crippen molar-refractivity contribution in [3.63, 3.8) is 0 Å². The first-order chi connectivity index (χ1) is 9.08. The maximum absolute atomic E-state index is 11.9. The van der Waals surface area contributed by atoms with Crippen LogP contribution in [0.15, 0.2) is 12.1 Å². The van der Waals surface area contributed by atoms with Crippen LogP contribution in [0.4, 0.5) is 0 Å². The standard InChI is InChI=1S/C13H16ClNO4/c1-8(16)7-15-13(17)9-5-10(14)12-11(6-9)18-3-2-4-19-12/h5-6,8,16H,2-4,7H2,1H3,(H,15,17). The first kappa shape index (κ1) is 14.0. The van der Waals surface area contributed by atoms with E-state index < -0.39 is 6.10 Å². The van der Waals surface area contributed by atoms with Crippen LogP contribution in [-0.2, 0) is 0 Å². The first-order valence-corrected chi connectivity index (χ1v) is 6.51. The summed E-state index contributed by atoms with van der Waals surface area (Å²) in [5, 5.41) is 12.1. The van der Waals surface area contributed by atoms with E-state index in [1.54, 1.807) is 13.0 Å². The molecule has 1 aliphatic rings. The zero-order chi connectivity index (χ0) is 13.8. The molecule has 2 N–H and O–H groups in total. The fraction of sp³-hybridized carbons (Fsp3) is 0.462. The molecule has 19 heavy (non-hydrogen) atoms. The molecular weight excluding hydrogens is 270 g/mol. The van der Waals surface area contributed by atoms with Crippen LogP contribution in [0.25, 0.3) is 0 Å². The van der Waals surface area contributed by atoms with Gasteiger partial charge < -0.3 is 19.9 Å². The van der Waals surface area contributed by atoms with Gasteiger partial charge in [0.25, 0.3) is 5.91 Å². The minimum absolute atomic E-state index is 0.185. The Morgan fingerprint density at radius 1 is 1.47 bits per heavy atom. The number of hydrogen-bond acceptors (Lipinski definition) is 4. The van der Waals surface area contributed by atoms with E-state index in [4.69, 9.17) is 26.2 Å². The fourth-order valence-electron chi connectivity index (χ4n) is 1.70. The van der Waals surface area contributed by atoms with Gasteiger partial charge in [-0.3, -0.25) is 4.79 Å². The molecule has 1 unspecified atom stereocenters. The molecule has 1 atom stereocenters. The van der Waals surface area contributed by atoms with Gasteiger partial charge in [0.15, 0.2) is 11.5 Å². The molecule has 0 saturated carbocycles. The molecule has 5 nitrogen and oxygen atoms in total. The highest BCUT2D eigenvalue weighted by molar-refractivity contribution is 6.32. The summed E-state index contributed by atoms with van der Waals surface area (Å²) in [6.45, 7) is 2.86. The SMILES string of the molecule is CC(O)CNC(=O)c1cc(Cl)c2c(c1)OCCCO2. The van der Waals surface area contributed by atoms with Crippen LogP contribution in [0, 0.1) is 0 Å². The summed E-state index contributed by atoms with van der Waals surface area (Å²) >= 11 is 6.09. The number of aliphatic hydroxyl groups is 1. The van der Waals surface area contributed by atoms with Crippen molar-refractivity contribution in [2.45, 2.75) is 19.4 Å².